The Balaban J connectivity index is 2.08. The molecule has 0 fully saturated rings. The predicted octanol–water partition coefficient (Wildman–Crippen LogP) is 3.90. The first-order valence-corrected chi connectivity index (χ1v) is 6.17. The van der Waals surface area contributed by atoms with Crippen LogP contribution >= 0.6 is 11.6 Å². The summed E-state index contributed by atoms with van der Waals surface area (Å²) in [4.78, 5) is 0. The van der Waals surface area contributed by atoms with Crippen LogP contribution in [0.1, 0.15) is 11.7 Å². The number of nitrogens with one attached hydrogen (secondary N) is 1. The maximum absolute atomic E-state index is 13.5. The molecule has 20 heavy (non-hydrogen) atoms. The van der Waals surface area contributed by atoms with E-state index in [-0.39, 0.29) is 22.8 Å². The largest absolute Gasteiger partial charge is 0.387 e. The summed E-state index contributed by atoms with van der Waals surface area (Å²) in [5, 5.41) is 12.7. The van der Waals surface area contributed by atoms with Crippen molar-refractivity contribution in [1.29, 1.82) is 0 Å². The maximum atomic E-state index is 13.5. The third-order valence-corrected chi connectivity index (χ3v) is 3.08. The second kappa shape index (κ2) is 6.15. The second-order valence-electron chi connectivity index (χ2n) is 4.17. The van der Waals surface area contributed by atoms with Gasteiger partial charge in [-0.15, -0.1) is 0 Å². The highest BCUT2D eigenvalue weighted by Gasteiger charge is 2.13. The molecule has 0 heterocycles. The van der Waals surface area contributed by atoms with Crippen LogP contribution in [0.5, 0.6) is 0 Å². The van der Waals surface area contributed by atoms with E-state index < -0.39 is 23.6 Å². The molecule has 0 radical (unpaired) electrons. The topological polar surface area (TPSA) is 32.3 Å². The van der Waals surface area contributed by atoms with Crippen LogP contribution in [0, 0.1) is 17.5 Å². The number of rotatable bonds is 4. The molecule has 1 atom stereocenters. The van der Waals surface area contributed by atoms with Gasteiger partial charge >= 0.3 is 0 Å². The van der Waals surface area contributed by atoms with Gasteiger partial charge in [0.25, 0.3) is 0 Å². The molecule has 0 aliphatic carbocycles. The second-order valence-corrected chi connectivity index (χ2v) is 4.57. The average molecular weight is 302 g/mol. The quantitative estimate of drug-likeness (QED) is 0.897. The third-order valence-electron chi connectivity index (χ3n) is 2.76. The smallest absolute Gasteiger partial charge is 0.159 e. The number of hydrogen-bond acceptors (Lipinski definition) is 2. The Labute approximate surface area is 118 Å². The van der Waals surface area contributed by atoms with Gasteiger partial charge in [0, 0.05) is 6.54 Å². The normalized spacial score (nSPS) is 12.2. The van der Waals surface area contributed by atoms with E-state index in [1.807, 2.05) is 0 Å². The molecule has 0 amide bonds. The summed E-state index contributed by atoms with van der Waals surface area (Å²) in [5.41, 5.74) is 0.236. The van der Waals surface area contributed by atoms with E-state index in [2.05, 4.69) is 5.32 Å². The van der Waals surface area contributed by atoms with E-state index in [0.717, 1.165) is 12.1 Å². The van der Waals surface area contributed by atoms with Crippen LogP contribution in [0.3, 0.4) is 0 Å². The summed E-state index contributed by atoms with van der Waals surface area (Å²) >= 11 is 5.81. The van der Waals surface area contributed by atoms with Gasteiger partial charge in [0.15, 0.2) is 11.6 Å². The van der Waals surface area contributed by atoms with Crippen molar-refractivity contribution in [2.45, 2.75) is 6.10 Å². The minimum atomic E-state index is -1.12. The van der Waals surface area contributed by atoms with Crippen molar-refractivity contribution in [2.75, 3.05) is 11.9 Å². The highest BCUT2D eigenvalue weighted by atomic mass is 35.5. The van der Waals surface area contributed by atoms with Crippen molar-refractivity contribution < 1.29 is 18.3 Å². The Morgan fingerprint density at radius 2 is 1.80 bits per heavy atom. The van der Waals surface area contributed by atoms with Crippen molar-refractivity contribution in [1.82, 2.24) is 0 Å². The predicted molar refractivity (Wildman–Crippen MR) is 71.2 cm³/mol. The molecule has 2 nitrogen and oxygen atoms in total. The SMILES string of the molecule is OC(CNc1c(F)cccc1Cl)c1ccc(F)c(F)c1. The lowest BCUT2D eigenvalue weighted by molar-refractivity contribution is 0.191. The van der Waals surface area contributed by atoms with Gasteiger partial charge in [-0.05, 0) is 29.8 Å². The molecule has 0 aliphatic heterocycles. The molecular formula is C14H11ClF3NO. The number of para-hydroxylation sites is 1. The number of aliphatic hydroxyl groups excluding tert-OH is 1. The number of hydrogen-bond donors (Lipinski definition) is 2. The molecule has 6 heteroatoms. The van der Waals surface area contributed by atoms with Crippen LogP contribution in [0.25, 0.3) is 0 Å². The zero-order chi connectivity index (χ0) is 14.7. The first-order chi connectivity index (χ1) is 9.49. The lowest BCUT2D eigenvalue weighted by atomic mass is 10.1. The van der Waals surface area contributed by atoms with Crippen LogP contribution in [0.15, 0.2) is 36.4 Å². The molecule has 0 saturated carbocycles. The van der Waals surface area contributed by atoms with Gasteiger partial charge < -0.3 is 10.4 Å². The van der Waals surface area contributed by atoms with Crippen molar-refractivity contribution >= 4 is 17.3 Å². The Morgan fingerprint density at radius 1 is 1.05 bits per heavy atom. The minimum Gasteiger partial charge on any atom is -0.387 e. The van der Waals surface area contributed by atoms with Gasteiger partial charge in [-0.2, -0.15) is 0 Å². The summed E-state index contributed by atoms with van der Waals surface area (Å²) in [6, 6.07) is 7.24. The number of halogens is 4. The highest BCUT2D eigenvalue weighted by Crippen LogP contribution is 2.25. The summed E-state index contributed by atoms with van der Waals surface area (Å²) in [7, 11) is 0. The van der Waals surface area contributed by atoms with Crippen LogP contribution in [0.2, 0.25) is 5.02 Å². The zero-order valence-corrected chi connectivity index (χ0v) is 11.0. The van der Waals surface area contributed by atoms with E-state index in [9.17, 15) is 18.3 Å². The van der Waals surface area contributed by atoms with E-state index >= 15 is 0 Å². The van der Waals surface area contributed by atoms with Crippen LogP contribution in [-0.4, -0.2) is 11.7 Å². The molecule has 2 rings (SSSR count). The Kier molecular flexibility index (Phi) is 4.52. The van der Waals surface area contributed by atoms with Gasteiger partial charge in [-0.1, -0.05) is 23.7 Å². The van der Waals surface area contributed by atoms with Gasteiger partial charge in [0.2, 0.25) is 0 Å². The lowest BCUT2D eigenvalue weighted by Gasteiger charge is -2.14. The molecular weight excluding hydrogens is 291 g/mol. The van der Waals surface area contributed by atoms with E-state index in [1.165, 1.54) is 24.3 Å². The van der Waals surface area contributed by atoms with Gasteiger partial charge in [-0.25, -0.2) is 13.2 Å². The van der Waals surface area contributed by atoms with E-state index in [0.29, 0.717) is 0 Å². The minimum absolute atomic E-state index is 0.0517. The number of anilines is 1. The fourth-order valence-electron chi connectivity index (χ4n) is 1.70. The first kappa shape index (κ1) is 14.7. The molecule has 0 aromatic heterocycles. The highest BCUT2D eigenvalue weighted by molar-refractivity contribution is 6.33. The molecule has 0 saturated heterocycles. The maximum Gasteiger partial charge on any atom is 0.159 e. The first-order valence-electron chi connectivity index (χ1n) is 5.80. The molecule has 0 bridgehead atoms. The molecule has 0 spiro atoms. The van der Waals surface area contributed by atoms with Gasteiger partial charge in [0.05, 0.1) is 16.8 Å². The van der Waals surface area contributed by atoms with E-state index in [1.54, 1.807) is 0 Å². The van der Waals surface area contributed by atoms with Gasteiger partial charge in [0.1, 0.15) is 5.82 Å². The summed E-state index contributed by atoms with van der Waals surface area (Å²) in [5.74, 6) is -2.61. The van der Waals surface area contributed by atoms with Crippen LogP contribution in [-0.2, 0) is 0 Å². The summed E-state index contributed by atoms with van der Waals surface area (Å²) in [6.07, 6.45) is -1.12. The van der Waals surface area contributed by atoms with Gasteiger partial charge in [-0.3, -0.25) is 0 Å². The fraction of sp³-hybridized carbons (Fsp3) is 0.143. The van der Waals surface area contributed by atoms with Crippen molar-refractivity contribution in [3.05, 3.63) is 64.4 Å². The molecule has 2 N–H and O–H groups in total. The Hall–Kier alpha value is -1.72. The van der Waals surface area contributed by atoms with Crippen LogP contribution < -0.4 is 5.32 Å². The average Bonchev–Trinajstić information content (AvgIpc) is 2.41. The fourth-order valence-corrected chi connectivity index (χ4v) is 1.93. The lowest BCUT2D eigenvalue weighted by Crippen LogP contribution is -2.13. The molecule has 2 aromatic rings. The Bertz CT molecular complexity index is 601. The third kappa shape index (κ3) is 3.23. The zero-order valence-electron chi connectivity index (χ0n) is 10.2. The molecule has 106 valence electrons. The number of benzene rings is 2. The summed E-state index contributed by atoms with van der Waals surface area (Å²) in [6.45, 7) is -0.0915. The monoisotopic (exact) mass is 301 g/mol. The summed E-state index contributed by atoms with van der Waals surface area (Å²) < 4.78 is 39.3. The van der Waals surface area contributed by atoms with Crippen molar-refractivity contribution in [3.8, 4) is 0 Å². The molecule has 1 unspecified atom stereocenters. The number of aliphatic hydroxyl groups is 1. The van der Waals surface area contributed by atoms with Crippen molar-refractivity contribution in [3.63, 3.8) is 0 Å². The van der Waals surface area contributed by atoms with E-state index in [4.69, 9.17) is 11.6 Å². The standard InChI is InChI=1S/C14H11ClF3NO/c15-9-2-1-3-11(17)14(9)19-7-13(20)8-4-5-10(16)12(18)6-8/h1-6,13,19-20H,7H2. The van der Waals surface area contributed by atoms with Crippen molar-refractivity contribution in [2.24, 2.45) is 0 Å². The molecule has 2 aromatic carbocycles. The Morgan fingerprint density at radius 3 is 2.45 bits per heavy atom. The molecule has 0 aliphatic rings. The van der Waals surface area contributed by atoms with Crippen LogP contribution in [0.4, 0.5) is 18.9 Å².